The van der Waals surface area contributed by atoms with Gasteiger partial charge < -0.3 is 5.21 Å². The lowest BCUT2D eigenvalue weighted by molar-refractivity contribution is -0.742. The first-order valence-electron chi connectivity index (χ1n) is 2.90. The lowest BCUT2D eigenvalue weighted by atomic mass is 10.8. The van der Waals surface area contributed by atoms with Crippen LogP contribution in [-0.4, -0.2) is 25.6 Å². The summed E-state index contributed by atoms with van der Waals surface area (Å²) in [4.78, 5) is 17.2. The monoisotopic (exact) mass is 372 g/mol. The normalized spacial score (nSPS) is 8.29. The highest BCUT2D eigenvalue weighted by molar-refractivity contribution is 6.67. The van der Waals surface area contributed by atoms with E-state index in [0.717, 1.165) is 0 Å². The Labute approximate surface area is 127 Å². The number of hydrogen-bond donors (Lipinski definition) is 1. The lowest BCUT2D eigenvalue weighted by Gasteiger charge is -2.01. The van der Waals surface area contributed by atoms with Crippen LogP contribution < -0.4 is 0 Å². The van der Waals surface area contributed by atoms with Crippen molar-refractivity contribution < 1.29 is 15.2 Å². The van der Waals surface area contributed by atoms with Crippen molar-refractivity contribution in [2.45, 2.75) is 3.79 Å². The first kappa shape index (κ1) is 25.8. The molecule has 1 N–H and O–H groups in total. The summed E-state index contributed by atoms with van der Waals surface area (Å²) in [5.74, 6) is 0. The van der Waals surface area contributed by atoms with E-state index in [1.54, 1.807) is 0 Å². The molecule has 0 saturated heterocycles. The van der Waals surface area contributed by atoms with Gasteiger partial charge >= 0.3 is 0 Å². The molecular weight excluding hydrogens is 369 g/mol. The summed E-state index contributed by atoms with van der Waals surface area (Å²) in [7, 11) is 0. The largest absolute Gasteiger partial charge is 0.328 e. The Morgan fingerprint density at radius 2 is 1.41 bits per heavy atom. The van der Waals surface area contributed by atoms with Gasteiger partial charge in [0, 0.05) is 4.92 Å². The molecule has 0 bridgehead atoms. The van der Waals surface area contributed by atoms with Crippen LogP contribution >= 0.6 is 70.4 Å². The Kier molecular flexibility index (Phi) is 21.5. The fraction of sp³-hybridized carbons (Fsp3) is 0.500. The molecule has 0 fully saturated rings. The maximum atomic E-state index is 9.57. The molecule has 0 aromatic rings. The van der Waals surface area contributed by atoms with Crippen molar-refractivity contribution >= 4 is 70.4 Å². The van der Waals surface area contributed by atoms with Crippen molar-refractivity contribution in [2.24, 2.45) is 0 Å². The maximum Gasteiger partial charge on any atom is 0.291 e. The molecule has 17 heavy (non-hydrogen) atoms. The number of nitro groups is 1. The van der Waals surface area contributed by atoms with E-state index in [2.05, 4.69) is 6.58 Å². The van der Waals surface area contributed by atoms with Gasteiger partial charge in [-0.3, -0.25) is 10.1 Å². The first-order valence-corrected chi connectivity index (χ1v) is 4.79. The molecule has 0 atom stereocenters. The number of alkyl halides is 3. The molecule has 0 aliphatic rings. The number of hydrogen-bond acceptors (Lipinski definition) is 4. The Balaban J connectivity index is -0.0000000806. The fourth-order valence-electron chi connectivity index (χ4n) is 0.146. The van der Waals surface area contributed by atoms with E-state index < -0.39 is 20.3 Å². The molecule has 7 nitrogen and oxygen atoms in total. The van der Waals surface area contributed by atoms with Gasteiger partial charge in [-0.25, -0.2) is 0 Å². The van der Waals surface area contributed by atoms with Crippen LogP contribution in [0.25, 0.3) is 0 Å². The summed E-state index contributed by atoms with van der Waals surface area (Å²) in [6, 6.07) is 0. The Morgan fingerprint density at radius 3 is 1.41 bits per heavy atom. The lowest BCUT2D eigenvalue weighted by Crippen LogP contribution is -2.17. The minimum Gasteiger partial charge on any atom is -0.328 e. The molecule has 0 aromatic carbocycles. The SMILES string of the molecule is C=C(Cl)Cl.Cl.O=[N+]([O-])CC(Cl)(Cl)Cl.O=[N+]([O-])O. The number of nitrogens with zero attached hydrogens (tertiary/aromatic N) is 2. The van der Waals surface area contributed by atoms with E-state index in [1.807, 2.05) is 0 Å². The van der Waals surface area contributed by atoms with Gasteiger partial charge in [0.25, 0.3) is 8.88 Å². The van der Waals surface area contributed by atoms with E-state index in [4.69, 9.17) is 73.3 Å². The molecule has 13 heteroatoms. The van der Waals surface area contributed by atoms with Crippen LogP contribution in [0.3, 0.4) is 0 Å². The second-order valence-corrected chi connectivity index (χ2v) is 5.30. The first-order chi connectivity index (χ1) is 6.88. The Morgan fingerprint density at radius 1 is 1.24 bits per heavy atom. The van der Waals surface area contributed by atoms with Crippen LogP contribution in [0.15, 0.2) is 11.1 Å². The van der Waals surface area contributed by atoms with E-state index >= 15 is 0 Å². The van der Waals surface area contributed by atoms with Gasteiger partial charge in [-0.2, -0.15) is 0 Å². The van der Waals surface area contributed by atoms with Gasteiger partial charge in [-0.1, -0.05) is 64.6 Å². The second kappa shape index (κ2) is 14.1. The molecule has 0 aromatic heterocycles. The summed E-state index contributed by atoms with van der Waals surface area (Å²) in [6.07, 6.45) is 0. The van der Waals surface area contributed by atoms with Crippen molar-refractivity contribution in [1.29, 1.82) is 0 Å². The zero-order chi connectivity index (χ0) is 13.9. The Hall–Kier alpha value is 0.0800. The van der Waals surface area contributed by atoms with Gasteiger partial charge in [-0.15, -0.1) is 22.5 Å². The molecule has 0 amide bonds. The quantitative estimate of drug-likeness (QED) is 0.428. The van der Waals surface area contributed by atoms with Crippen molar-refractivity contribution in [3.8, 4) is 0 Å². The van der Waals surface area contributed by atoms with Gasteiger partial charge in [0.1, 0.15) is 0 Å². The zero-order valence-electron chi connectivity index (χ0n) is 7.69. The van der Waals surface area contributed by atoms with Crippen LogP contribution in [0, 0.1) is 20.2 Å². The van der Waals surface area contributed by atoms with Crippen LogP contribution in [0.1, 0.15) is 0 Å². The molecular formula is C4H6Cl6N2O5. The van der Waals surface area contributed by atoms with Crippen LogP contribution in [0.5, 0.6) is 0 Å². The zero-order valence-corrected chi connectivity index (χ0v) is 12.3. The second-order valence-electron chi connectivity index (χ2n) is 1.68. The summed E-state index contributed by atoms with van der Waals surface area (Å²) in [5.41, 5.74) is 0. The van der Waals surface area contributed by atoms with Gasteiger partial charge in [-0.05, 0) is 0 Å². The molecule has 0 saturated carbocycles. The predicted molar refractivity (Wildman–Crippen MR) is 69.0 cm³/mol. The fourth-order valence-corrected chi connectivity index (χ4v) is 0.439. The average Bonchev–Trinajstić information content (AvgIpc) is 1.74. The highest BCUT2D eigenvalue weighted by atomic mass is 35.6. The van der Waals surface area contributed by atoms with Crippen LogP contribution in [-0.2, 0) is 0 Å². The van der Waals surface area contributed by atoms with Gasteiger partial charge in [0.2, 0.25) is 6.54 Å². The molecule has 104 valence electrons. The van der Waals surface area contributed by atoms with Crippen molar-refractivity contribution in [2.75, 3.05) is 6.54 Å². The minimum absolute atomic E-state index is 0. The highest BCUT2D eigenvalue weighted by Crippen LogP contribution is 2.25. The molecule has 0 aliphatic heterocycles. The molecule has 0 rings (SSSR count). The predicted octanol–water partition coefficient (Wildman–Crippen LogP) is 3.64. The average molecular weight is 375 g/mol. The van der Waals surface area contributed by atoms with Crippen LogP contribution in [0.2, 0.25) is 0 Å². The molecule has 0 aliphatic carbocycles. The van der Waals surface area contributed by atoms with E-state index in [9.17, 15) is 10.1 Å². The Bertz CT molecular complexity index is 223. The summed E-state index contributed by atoms with van der Waals surface area (Å²) >= 11 is 24.7. The smallest absolute Gasteiger partial charge is 0.291 e. The molecule has 0 radical (unpaired) electrons. The van der Waals surface area contributed by atoms with E-state index in [-0.39, 0.29) is 16.9 Å². The molecule has 0 unspecified atom stereocenters. The third-order valence-electron chi connectivity index (χ3n) is 0.308. The summed E-state index contributed by atoms with van der Waals surface area (Å²) in [6.45, 7) is 2.43. The number of rotatable bonds is 1. The van der Waals surface area contributed by atoms with Crippen molar-refractivity contribution in [3.63, 3.8) is 0 Å². The highest BCUT2D eigenvalue weighted by Gasteiger charge is 2.26. The summed E-state index contributed by atoms with van der Waals surface area (Å²) < 4.78 is -1.65. The maximum absolute atomic E-state index is 9.57. The van der Waals surface area contributed by atoms with E-state index in [1.165, 1.54) is 0 Å². The van der Waals surface area contributed by atoms with Gasteiger partial charge in [0.05, 0.1) is 4.49 Å². The summed E-state index contributed by atoms with van der Waals surface area (Å²) in [5, 5.41) is 23.2. The minimum atomic E-state index is -1.76. The van der Waals surface area contributed by atoms with Crippen molar-refractivity contribution in [1.82, 2.24) is 0 Å². The van der Waals surface area contributed by atoms with Crippen LogP contribution in [0.4, 0.5) is 0 Å². The number of halogens is 6. The third-order valence-corrected chi connectivity index (χ3v) is 0.667. The molecule has 0 spiro atoms. The van der Waals surface area contributed by atoms with Crippen molar-refractivity contribution in [3.05, 3.63) is 31.3 Å². The molecule has 0 heterocycles. The third kappa shape index (κ3) is 124. The van der Waals surface area contributed by atoms with E-state index in [0.29, 0.717) is 0 Å². The topological polar surface area (TPSA) is 107 Å². The standard InChI is InChI=1S/C2H2Cl3NO2.C2H2Cl2.ClH.HNO3/c3-2(4,5)1-6(7)8;1-2(3)4;;2-1(3)4/h1H2;1H2;1H;(H,2,3,4). The van der Waals surface area contributed by atoms with Gasteiger partial charge in [0.15, 0.2) is 0 Å².